The van der Waals surface area contributed by atoms with Crippen molar-refractivity contribution in [2.24, 2.45) is 0 Å². The van der Waals surface area contributed by atoms with Crippen molar-refractivity contribution in [3.05, 3.63) is 53.7 Å². The van der Waals surface area contributed by atoms with E-state index in [0.29, 0.717) is 46.2 Å². The number of ether oxygens (including phenoxy) is 1. The Morgan fingerprint density at radius 2 is 1.79 bits per heavy atom. The van der Waals surface area contributed by atoms with Gasteiger partial charge in [-0.3, -0.25) is 9.88 Å². The third-order valence-electron chi connectivity index (χ3n) is 9.10. The zero-order valence-corrected chi connectivity index (χ0v) is 24.3. The van der Waals surface area contributed by atoms with Crippen molar-refractivity contribution in [3.8, 4) is 29.6 Å². The quantitative estimate of drug-likeness (QED) is 0.327. The number of halogens is 2. The molecule has 2 bridgehead atoms. The summed E-state index contributed by atoms with van der Waals surface area (Å²) in [5.41, 5.74) is 0.685. The number of benzene rings is 2. The molecule has 1 N–H and O–H groups in total. The molecule has 2 aromatic carbocycles. The summed E-state index contributed by atoms with van der Waals surface area (Å²) in [5.74, 6) is 1.93. The number of aromatic nitrogens is 3. The molecule has 0 saturated carbocycles. The van der Waals surface area contributed by atoms with Gasteiger partial charge in [0.15, 0.2) is 5.82 Å². The van der Waals surface area contributed by atoms with Gasteiger partial charge in [-0.15, -0.1) is 6.42 Å². The van der Waals surface area contributed by atoms with Crippen molar-refractivity contribution >= 4 is 27.5 Å². The lowest BCUT2D eigenvalue weighted by atomic mass is 9.96. The standard InChI is InChI=1S/C33H35F2N7O/c1-3-24-27(34)11-8-21-6-5-7-25(28(21)24)30-29(35)31-26(18-36-30)32(42-19-22-9-10-23(20-42)37-22)39-33(38-31)43-17-16-41-14-12-40(4-2)13-15-41/h1,5-8,11,18,22-23,37H,4,9-10,12-17,19-20H2,2H3. The maximum absolute atomic E-state index is 16.6. The Labute approximate surface area is 250 Å². The molecule has 0 aliphatic carbocycles. The molecular weight excluding hydrogens is 548 g/mol. The SMILES string of the molecule is C#Cc1c(F)ccc2cccc(-c3ncc4c(N5CC6CCC(C5)N6)nc(OCCN5CCN(CC)CC5)nc4c3F)c12. The van der Waals surface area contributed by atoms with Crippen LogP contribution in [0.2, 0.25) is 0 Å². The summed E-state index contributed by atoms with van der Waals surface area (Å²) in [6, 6.07) is 9.17. The maximum Gasteiger partial charge on any atom is 0.319 e. The number of fused-ring (bicyclic) bond motifs is 4. The molecule has 3 aliphatic heterocycles. The van der Waals surface area contributed by atoms with E-state index in [1.54, 1.807) is 24.4 Å². The van der Waals surface area contributed by atoms with E-state index < -0.39 is 11.6 Å². The Balaban J connectivity index is 1.28. The van der Waals surface area contributed by atoms with Gasteiger partial charge in [-0.2, -0.15) is 9.97 Å². The second kappa shape index (κ2) is 11.6. The maximum atomic E-state index is 16.6. The molecule has 7 rings (SSSR count). The van der Waals surface area contributed by atoms with Crippen molar-refractivity contribution in [2.75, 3.05) is 63.9 Å². The average Bonchev–Trinajstić information content (AvgIpc) is 3.38. The molecule has 10 heteroatoms. The van der Waals surface area contributed by atoms with Gasteiger partial charge in [-0.25, -0.2) is 8.78 Å². The fourth-order valence-electron chi connectivity index (χ4n) is 6.77. The topological polar surface area (TPSA) is 69.7 Å². The van der Waals surface area contributed by atoms with Crippen LogP contribution in [0.1, 0.15) is 25.3 Å². The fourth-order valence-corrected chi connectivity index (χ4v) is 6.77. The number of nitrogens with zero attached hydrogens (tertiary/aromatic N) is 6. The number of rotatable bonds is 7. The van der Waals surface area contributed by atoms with E-state index in [2.05, 4.69) is 42.8 Å². The minimum Gasteiger partial charge on any atom is -0.462 e. The minimum atomic E-state index is -0.612. The Morgan fingerprint density at radius 1 is 1.02 bits per heavy atom. The first-order chi connectivity index (χ1) is 21.0. The van der Waals surface area contributed by atoms with E-state index in [-0.39, 0.29) is 22.8 Å². The second-order valence-electron chi connectivity index (χ2n) is 11.7. The van der Waals surface area contributed by atoms with Gasteiger partial charge in [-0.05, 0) is 30.8 Å². The minimum absolute atomic E-state index is 0.0602. The molecule has 3 fully saturated rings. The van der Waals surface area contributed by atoms with Gasteiger partial charge in [0.2, 0.25) is 0 Å². The molecule has 3 saturated heterocycles. The first-order valence-corrected chi connectivity index (χ1v) is 15.1. The van der Waals surface area contributed by atoms with Crippen molar-refractivity contribution < 1.29 is 13.5 Å². The van der Waals surface area contributed by atoms with Crippen molar-refractivity contribution in [1.82, 2.24) is 30.1 Å². The molecule has 43 heavy (non-hydrogen) atoms. The van der Waals surface area contributed by atoms with Crippen LogP contribution in [0.3, 0.4) is 0 Å². The van der Waals surface area contributed by atoms with Gasteiger partial charge >= 0.3 is 6.01 Å². The summed E-state index contributed by atoms with van der Waals surface area (Å²) in [4.78, 5) is 21.0. The van der Waals surface area contributed by atoms with Crippen LogP contribution in [0.15, 0.2) is 36.5 Å². The lowest BCUT2D eigenvalue weighted by molar-refractivity contribution is 0.119. The highest BCUT2D eigenvalue weighted by Gasteiger charge is 2.34. The number of hydrogen-bond donors (Lipinski definition) is 1. The van der Waals surface area contributed by atoms with Crippen LogP contribution in [0.25, 0.3) is 32.9 Å². The van der Waals surface area contributed by atoms with E-state index in [4.69, 9.17) is 16.1 Å². The molecule has 8 nitrogen and oxygen atoms in total. The molecule has 0 radical (unpaired) electrons. The molecule has 0 spiro atoms. The Kier molecular flexibility index (Phi) is 7.55. The zero-order valence-electron chi connectivity index (χ0n) is 24.3. The monoisotopic (exact) mass is 583 g/mol. The van der Waals surface area contributed by atoms with Crippen LogP contribution in [0.4, 0.5) is 14.6 Å². The van der Waals surface area contributed by atoms with Gasteiger partial charge in [0.1, 0.15) is 29.5 Å². The molecule has 0 amide bonds. The smallest absolute Gasteiger partial charge is 0.319 e. The molecular formula is C33H35F2N7O. The second-order valence-corrected chi connectivity index (χ2v) is 11.7. The molecule has 2 aromatic heterocycles. The number of likely N-dealkylation sites (N-methyl/N-ethyl adjacent to an activating group) is 1. The van der Waals surface area contributed by atoms with E-state index in [9.17, 15) is 4.39 Å². The third kappa shape index (κ3) is 5.26. The zero-order chi connectivity index (χ0) is 29.5. The molecule has 2 atom stereocenters. The molecule has 3 aliphatic rings. The highest BCUT2D eigenvalue weighted by atomic mass is 19.1. The molecule has 5 heterocycles. The summed E-state index contributed by atoms with van der Waals surface area (Å²) < 4.78 is 37.4. The Morgan fingerprint density at radius 3 is 2.53 bits per heavy atom. The Hall–Kier alpha value is -3.91. The number of nitrogens with one attached hydrogen (secondary N) is 1. The van der Waals surface area contributed by atoms with Gasteiger partial charge in [0.25, 0.3) is 0 Å². The van der Waals surface area contributed by atoms with Gasteiger partial charge in [0.05, 0.1) is 10.9 Å². The summed E-state index contributed by atoms with van der Waals surface area (Å²) >= 11 is 0. The van der Waals surface area contributed by atoms with Crippen molar-refractivity contribution in [3.63, 3.8) is 0 Å². The van der Waals surface area contributed by atoms with E-state index >= 15 is 4.39 Å². The van der Waals surface area contributed by atoms with Crippen LogP contribution in [-0.2, 0) is 0 Å². The fraction of sp³-hybridized carbons (Fsp3) is 0.424. The summed E-state index contributed by atoms with van der Waals surface area (Å²) in [5, 5.41) is 5.32. The summed E-state index contributed by atoms with van der Waals surface area (Å²) in [6.45, 7) is 9.97. The van der Waals surface area contributed by atoms with E-state index in [1.165, 1.54) is 6.07 Å². The highest BCUT2D eigenvalue weighted by molar-refractivity contribution is 6.02. The first kappa shape index (κ1) is 27.9. The summed E-state index contributed by atoms with van der Waals surface area (Å²) in [7, 11) is 0. The highest BCUT2D eigenvalue weighted by Crippen LogP contribution is 2.37. The van der Waals surface area contributed by atoms with E-state index in [1.807, 2.05) is 6.07 Å². The number of terminal acetylenes is 1. The largest absolute Gasteiger partial charge is 0.462 e. The summed E-state index contributed by atoms with van der Waals surface area (Å²) in [6.07, 6.45) is 9.53. The van der Waals surface area contributed by atoms with Gasteiger partial charge in [0, 0.05) is 75.0 Å². The van der Waals surface area contributed by atoms with Crippen LogP contribution < -0.4 is 15.0 Å². The van der Waals surface area contributed by atoms with Gasteiger partial charge in [-0.1, -0.05) is 37.1 Å². The lowest BCUT2D eigenvalue weighted by Crippen LogP contribution is -2.51. The molecule has 222 valence electrons. The third-order valence-corrected chi connectivity index (χ3v) is 9.10. The molecule has 2 unspecified atom stereocenters. The number of hydrogen-bond acceptors (Lipinski definition) is 8. The van der Waals surface area contributed by atoms with Crippen LogP contribution in [0.5, 0.6) is 6.01 Å². The van der Waals surface area contributed by atoms with Crippen molar-refractivity contribution in [1.29, 1.82) is 0 Å². The molecule has 4 aromatic rings. The average molecular weight is 584 g/mol. The predicted octanol–water partition coefficient (Wildman–Crippen LogP) is 4.06. The number of anilines is 1. The van der Waals surface area contributed by atoms with Crippen LogP contribution >= 0.6 is 0 Å². The van der Waals surface area contributed by atoms with Crippen LogP contribution in [0, 0.1) is 24.0 Å². The number of piperazine rings is 2. The lowest BCUT2D eigenvalue weighted by Gasteiger charge is -2.34. The van der Waals surface area contributed by atoms with Crippen LogP contribution in [-0.4, -0.2) is 95.8 Å². The normalized spacial score (nSPS) is 21.0. The van der Waals surface area contributed by atoms with E-state index in [0.717, 1.165) is 65.2 Å². The predicted molar refractivity (Wildman–Crippen MR) is 164 cm³/mol. The Bertz CT molecular complexity index is 1700. The van der Waals surface area contributed by atoms with Crippen molar-refractivity contribution in [2.45, 2.75) is 31.8 Å². The first-order valence-electron chi connectivity index (χ1n) is 15.1. The number of pyridine rings is 1. The van der Waals surface area contributed by atoms with Gasteiger partial charge < -0.3 is 19.9 Å².